The third kappa shape index (κ3) is 16.2. The minimum atomic E-state index is 0. The van der Waals surface area contributed by atoms with Crippen molar-refractivity contribution in [1.29, 1.82) is 0 Å². The summed E-state index contributed by atoms with van der Waals surface area (Å²) in [4.78, 5) is 0. The Labute approximate surface area is 389 Å². The van der Waals surface area contributed by atoms with Crippen molar-refractivity contribution in [2.24, 2.45) is 10.8 Å². The Hall–Kier alpha value is -0.511. The predicted octanol–water partition coefficient (Wildman–Crippen LogP) is 9.20. The van der Waals surface area contributed by atoms with Crippen molar-refractivity contribution in [2.45, 2.75) is 123 Å². The third-order valence-electron chi connectivity index (χ3n) is 11.0. The van der Waals surface area contributed by atoms with Gasteiger partial charge in [-0.05, 0) is 24.6 Å². The number of allylic oxidation sites excluding steroid dienone is 8. The molecule has 2 aliphatic rings. The van der Waals surface area contributed by atoms with Gasteiger partial charge in [0.05, 0.1) is 0 Å². The molecule has 0 atom stereocenters. The van der Waals surface area contributed by atoms with Crippen LogP contribution in [0.4, 0.5) is 0 Å². The maximum atomic E-state index is 3.44. The van der Waals surface area contributed by atoms with Crippen LogP contribution in [0.2, 0.25) is 0 Å². The zero-order chi connectivity index (χ0) is 38.6. The molecular formula is C50H70Cl2P2Ti2-2. The van der Waals surface area contributed by atoms with Gasteiger partial charge in [-0.2, -0.15) is 34.4 Å². The van der Waals surface area contributed by atoms with E-state index in [1.807, 2.05) is 0 Å². The number of rotatable bonds is 10. The first-order chi connectivity index (χ1) is 24.6. The molecule has 0 spiro atoms. The Morgan fingerprint density at radius 1 is 0.500 bits per heavy atom. The van der Waals surface area contributed by atoms with Crippen LogP contribution in [0.3, 0.4) is 0 Å². The summed E-state index contributed by atoms with van der Waals surface area (Å²) in [6.07, 6.45) is 17.7. The maximum absolute atomic E-state index is 3.44. The molecule has 6 rings (SSSR count). The molecule has 0 N–H and O–H groups in total. The molecule has 0 heterocycles. The van der Waals surface area contributed by atoms with E-state index in [4.69, 9.17) is 0 Å². The number of hydrogen-bond acceptors (Lipinski definition) is 0. The normalized spacial score (nSPS) is 14.9. The van der Waals surface area contributed by atoms with E-state index in [-0.39, 0.29) is 94.9 Å². The first kappa shape index (κ1) is 57.6. The molecule has 4 aromatic carbocycles. The van der Waals surface area contributed by atoms with E-state index in [0.29, 0.717) is 0 Å². The second-order valence-corrected chi connectivity index (χ2v) is 20.9. The number of halogens is 2. The summed E-state index contributed by atoms with van der Waals surface area (Å²) < 4.78 is 0. The summed E-state index contributed by atoms with van der Waals surface area (Å²) in [5.74, 6) is 0. The second-order valence-electron chi connectivity index (χ2n) is 15.9. The molecule has 0 fully saturated rings. The van der Waals surface area contributed by atoms with Gasteiger partial charge < -0.3 is 24.8 Å². The summed E-state index contributed by atoms with van der Waals surface area (Å²) in [5.41, 5.74) is 8.79. The van der Waals surface area contributed by atoms with Gasteiger partial charge in [-0.3, -0.25) is 12.2 Å². The standard InChI is InChI=1S/2C15H20P.2C10H15.2ClH.2Ti/c2*1-3-9-16(10-4-2)15-11-13-7-5-6-8-14(13)12-15;2*1-7-6-10(4,5)9(3)8(7)2;;;;/h2*5-8,11-12H,3-4,9-10H2,1-2H3;2*1-5H3;2*1H;;/q4*-1;;;2*+2/p-2. The Morgan fingerprint density at radius 3 is 0.982 bits per heavy atom. The van der Waals surface area contributed by atoms with Crippen LogP contribution in [0.1, 0.15) is 123 Å². The minimum Gasteiger partial charge on any atom is -1.00 e. The van der Waals surface area contributed by atoms with Gasteiger partial charge in [0, 0.05) is 0 Å². The molecule has 0 nitrogen and oxygen atoms in total. The van der Waals surface area contributed by atoms with Crippen molar-refractivity contribution in [3.05, 3.63) is 118 Å². The monoisotopic (exact) mass is 898 g/mol. The van der Waals surface area contributed by atoms with E-state index in [9.17, 15) is 0 Å². The van der Waals surface area contributed by atoms with Crippen LogP contribution in [0.15, 0.2) is 106 Å². The fraction of sp³-hybridized carbons (Fsp3) is 0.480. The van der Waals surface area contributed by atoms with E-state index >= 15 is 0 Å². The van der Waals surface area contributed by atoms with Crippen molar-refractivity contribution in [3.8, 4) is 0 Å². The quantitative estimate of drug-likeness (QED) is 0.0847. The maximum Gasteiger partial charge on any atom is 2.00 e. The molecule has 0 saturated heterocycles. The summed E-state index contributed by atoms with van der Waals surface area (Å²) in [5, 5.41) is 8.88. The van der Waals surface area contributed by atoms with E-state index in [1.54, 1.807) is 10.6 Å². The van der Waals surface area contributed by atoms with E-state index < -0.39 is 0 Å². The molecule has 6 heteroatoms. The molecule has 0 unspecified atom stereocenters. The summed E-state index contributed by atoms with van der Waals surface area (Å²) >= 11 is 0. The second kappa shape index (κ2) is 27.4. The molecule has 56 heavy (non-hydrogen) atoms. The van der Waals surface area contributed by atoms with Gasteiger partial charge in [0.1, 0.15) is 0 Å². The van der Waals surface area contributed by atoms with Gasteiger partial charge in [0.15, 0.2) is 0 Å². The molecule has 2 aliphatic carbocycles. The van der Waals surface area contributed by atoms with Crippen LogP contribution in [-0.2, 0) is 43.4 Å². The molecule has 0 amide bonds. The van der Waals surface area contributed by atoms with E-state index in [1.165, 1.54) is 105 Å². The first-order valence-electron chi connectivity index (χ1n) is 20.0. The van der Waals surface area contributed by atoms with Gasteiger partial charge in [0.2, 0.25) is 0 Å². The summed E-state index contributed by atoms with van der Waals surface area (Å²) in [6, 6.07) is 27.1. The number of benzene rings is 2. The number of fused-ring (bicyclic) bond motifs is 2. The Bertz CT molecular complexity index is 1650. The zero-order valence-electron chi connectivity index (χ0n) is 37.2. The predicted molar refractivity (Wildman–Crippen MR) is 242 cm³/mol. The molecule has 0 aliphatic heterocycles. The fourth-order valence-electron chi connectivity index (χ4n) is 7.27. The van der Waals surface area contributed by atoms with Crippen molar-refractivity contribution < 1.29 is 68.2 Å². The van der Waals surface area contributed by atoms with Crippen molar-refractivity contribution in [2.75, 3.05) is 24.6 Å². The van der Waals surface area contributed by atoms with E-state index in [2.05, 4.69) is 182 Å². The van der Waals surface area contributed by atoms with Gasteiger partial charge in [-0.15, -0.1) is 94.5 Å². The zero-order valence-corrected chi connectivity index (χ0v) is 43.7. The van der Waals surface area contributed by atoms with Gasteiger partial charge >= 0.3 is 43.4 Å². The Balaban J connectivity index is 0. The molecule has 0 radical (unpaired) electrons. The summed E-state index contributed by atoms with van der Waals surface area (Å²) in [7, 11) is 0.194. The molecular weight excluding hydrogens is 829 g/mol. The van der Waals surface area contributed by atoms with Crippen LogP contribution < -0.4 is 35.4 Å². The van der Waals surface area contributed by atoms with Crippen LogP contribution in [-0.4, -0.2) is 24.6 Å². The van der Waals surface area contributed by atoms with Gasteiger partial charge in [-0.25, -0.2) is 11.1 Å². The Morgan fingerprint density at radius 2 is 0.786 bits per heavy atom. The molecule has 0 bridgehead atoms. The van der Waals surface area contributed by atoms with Crippen molar-refractivity contribution >= 4 is 48.0 Å². The number of hydrogen-bond donors (Lipinski definition) is 0. The average molecular weight is 900 g/mol. The largest absolute Gasteiger partial charge is 2.00 e. The van der Waals surface area contributed by atoms with Crippen LogP contribution in [0, 0.1) is 23.0 Å². The van der Waals surface area contributed by atoms with Crippen molar-refractivity contribution in [1.82, 2.24) is 0 Å². The van der Waals surface area contributed by atoms with E-state index in [0.717, 1.165) is 0 Å². The summed E-state index contributed by atoms with van der Waals surface area (Å²) in [6.45, 7) is 31.0. The smallest absolute Gasteiger partial charge is 1.00 e. The Kier molecular flexibility index (Phi) is 28.1. The average Bonchev–Trinajstić information content (AvgIpc) is 3.83. The topological polar surface area (TPSA) is 0 Å². The van der Waals surface area contributed by atoms with Gasteiger partial charge in [0.25, 0.3) is 0 Å². The minimum absolute atomic E-state index is 0. The van der Waals surface area contributed by atoms with Crippen LogP contribution in [0.5, 0.6) is 0 Å². The fourth-order valence-corrected chi connectivity index (χ4v) is 12.2. The van der Waals surface area contributed by atoms with Gasteiger partial charge in [-0.1, -0.05) is 148 Å². The third-order valence-corrected chi connectivity index (χ3v) is 17.0. The van der Waals surface area contributed by atoms with Crippen molar-refractivity contribution in [3.63, 3.8) is 0 Å². The molecule has 304 valence electrons. The first-order valence-corrected chi connectivity index (χ1v) is 23.4. The van der Waals surface area contributed by atoms with Crippen LogP contribution in [0.25, 0.3) is 21.5 Å². The molecule has 4 aromatic rings. The molecule has 0 aromatic heterocycles. The SMILES string of the molecule is CC1=[C-]C(C)(C)C(C)=C1C.CC1=[C-]C(C)(C)C(C)=C1C.CCCP(CCC)c1cc2ccccc2[cH-]1.CCCP(CCC)c1cc2ccccc2[cH-]1.[Cl-].[Cl-].[Ti+2].[Ti+2]. The van der Waals surface area contributed by atoms with Crippen LogP contribution >= 0.6 is 15.8 Å². The molecule has 0 saturated carbocycles.